The highest BCUT2D eigenvalue weighted by atomic mass is 32.1. The number of aromatic amines is 1. The first-order valence-corrected chi connectivity index (χ1v) is 7.28. The highest BCUT2D eigenvalue weighted by Gasteiger charge is 2.21. The molecule has 2 N–H and O–H groups in total. The topological polar surface area (TPSA) is 74.8 Å². The van der Waals surface area contributed by atoms with Gasteiger partial charge in [0.1, 0.15) is 0 Å². The molecule has 1 aliphatic carbocycles. The molecule has 0 spiro atoms. The maximum absolute atomic E-state index is 11.3. The first-order chi connectivity index (χ1) is 10.1. The molecule has 0 radical (unpaired) electrons. The van der Waals surface area contributed by atoms with Crippen molar-refractivity contribution in [2.45, 2.75) is 25.2 Å². The van der Waals surface area contributed by atoms with Gasteiger partial charge >= 0.3 is 0 Å². The van der Waals surface area contributed by atoms with Crippen LogP contribution >= 0.6 is 12.6 Å². The minimum absolute atomic E-state index is 0.260. The van der Waals surface area contributed by atoms with Crippen LogP contribution in [-0.2, 0) is 0 Å². The third-order valence-electron chi connectivity index (χ3n) is 3.82. The fourth-order valence-electron chi connectivity index (χ4n) is 2.49. The molecule has 2 aromatic rings. The minimum Gasteiger partial charge on any atom is -0.316 e. The van der Waals surface area contributed by atoms with Crippen LogP contribution in [0.3, 0.4) is 0 Å². The predicted molar refractivity (Wildman–Crippen MR) is 84.9 cm³/mol. The van der Waals surface area contributed by atoms with Crippen LogP contribution in [0.4, 0.5) is 10.5 Å². The molecule has 6 heteroatoms. The van der Waals surface area contributed by atoms with E-state index < -0.39 is 5.24 Å². The first-order valence-electron chi connectivity index (χ1n) is 6.83. The second-order valence-corrected chi connectivity index (χ2v) is 5.58. The molecule has 0 aliphatic heterocycles. The summed E-state index contributed by atoms with van der Waals surface area (Å²) in [6.45, 7) is 0. The van der Waals surface area contributed by atoms with Crippen molar-refractivity contribution in [2.24, 2.45) is 0 Å². The Balaban J connectivity index is 2.03. The van der Waals surface area contributed by atoms with Crippen molar-refractivity contribution < 1.29 is 4.79 Å². The number of hydrogen-bond donors (Lipinski definition) is 3. The molecule has 21 heavy (non-hydrogen) atoms. The Morgan fingerprint density at radius 2 is 2.10 bits per heavy atom. The largest absolute Gasteiger partial charge is 0.316 e. The molecule has 1 fully saturated rings. The summed E-state index contributed by atoms with van der Waals surface area (Å²) >= 11 is 3.78. The molecule has 1 saturated carbocycles. The quantitative estimate of drug-likeness (QED) is 0.762. The Hall–Kier alpha value is -2.08. The summed E-state index contributed by atoms with van der Waals surface area (Å²) in [6, 6.07) is 8.99. The van der Waals surface area contributed by atoms with Gasteiger partial charge in [-0.25, -0.2) is 5.10 Å². The molecule has 0 saturated heterocycles. The first kappa shape index (κ1) is 13.9. The molecule has 1 aromatic heterocycles. The number of nitrogens with one attached hydrogen (secondary N) is 2. The lowest BCUT2D eigenvalue weighted by molar-refractivity contribution is 0.270. The van der Waals surface area contributed by atoms with E-state index in [0.717, 1.165) is 5.56 Å². The number of rotatable bonds is 3. The van der Waals surface area contributed by atoms with E-state index in [0.29, 0.717) is 17.3 Å². The van der Waals surface area contributed by atoms with Gasteiger partial charge < -0.3 is 5.32 Å². The summed E-state index contributed by atoms with van der Waals surface area (Å²) in [5.74, 6) is 0.568. The van der Waals surface area contributed by atoms with Crippen LogP contribution in [0.1, 0.15) is 30.7 Å². The fourth-order valence-corrected chi connectivity index (χ4v) is 2.61. The Morgan fingerprint density at radius 1 is 1.29 bits per heavy atom. The molecule has 0 bridgehead atoms. The zero-order valence-electron chi connectivity index (χ0n) is 11.3. The number of nitrogens with zero attached hydrogens (tertiary/aromatic N) is 1. The molecule has 0 atom stereocenters. The Morgan fingerprint density at radius 3 is 2.67 bits per heavy atom. The van der Waals surface area contributed by atoms with Crippen LogP contribution in [0.2, 0.25) is 0 Å². The van der Waals surface area contributed by atoms with Gasteiger partial charge in [0, 0.05) is 11.6 Å². The molecule has 1 aliphatic rings. The number of hydrogen-bond acceptors (Lipinski definition) is 3. The van der Waals surface area contributed by atoms with Crippen molar-refractivity contribution in [1.29, 1.82) is 0 Å². The fraction of sp³-hybridized carbons (Fsp3) is 0.267. The molecule has 1 aromatic carbocycles. The molecule has 5 nitrogen and oxygen atoms in total. The number of H-pyrrole nitrogens is 1. The maximum Gasteiger partial charge on any atom is 0.280 e. The number of thiol groups is 1. The summed E-state index contributed by atoms with van der Waals surface area (Å²) in [5.41, 5.74) is 2.98. The van der Waals surface area contributed by atoms with Crippen LogP contribution < -0.4 is 10.9 Å². The number of carbonyl (C=O) groups is 1. The summed E-state index contributed by atoms with van der Waals surface area (Å²) in [7, 11) is 0. The van der Waals surface area contributed by atoms with Crippen molar-refractivity contribution in [2.75, 3.05) is 5.32 Å². The zero-order chi connectivity index (χ0) is 14.8. The second-order valence-electron chi connectivity index (χ2n) is 5.17. The summed E-state index contributed by atoms with van der Waals surface area (Å²) in [5, 5.41) is 8.71. The molecular weight excluding hydrogens is 286 g/mol. The maximum atomic E-state index is 11.3. The van der Waals surface area contributed by atoms with E-state index >= 15 is 0 Å². The molecule has 0 unspecified atom stereocenters. The lowest BCUT2D eigenvalue weighted by atomic mass is 9.79. The number of anilines is 1. The Labute approximate surface area is 127 Å². The van der Waals surface area contributed by atoms with Gasteiger partial charge in [-0.1, -0.05) is 31.2 Å². The van der Waals surface area contributed by atoms with Crippen LogP contribution in [0.5, 0.6) is 0 Å². The Bertz CT molecular complexity index is 717. The van der Waals surface area contributed by atoms with E-state index in [1.54, 1.807) is 6.07 Å². The summed E-state index contributed by atoms with van der Waals surface area (Å²) < 4.78 is 0. The van der Waals surface area contributed by atoms with E-state index in [1.807, 2.05) is 12.1 Å². The van der Waals surface area contributed by atoms with Crippen LogP contribution in [0.15, 0.2) is 35.1 Å². The van der Waals surface area contributed by atoms with Gasteiger partial charge in [-0.2, -0.15) is 5.10 Å². The van der Waals surface area contributed by atoms with Crippen LogP contribution in [0.25, 0.3) is 11.3 Å². The Kier molecular flexibility index (Phi) is 3.79. The van der Waals surface area contributed by atoms with Gasteiger partial charge in [0.05, 0.1) is 11.4 Å². The van der Waals surface area contributed by atoms with Crippen molar-refractivity contribution in [3.05, 3.63) is 46.2 Å². The van der Waals surface area contributed by atoms with E-state index in [1.165, 1.54) is 30.9 Å². The third kappa shape index (κ3) is 3.00. The van der Waals surface area contributed by atoms with Gasteiger partial charge in [-0.15, -0.1) is 0 Å². The summed E-state index contributed by atoms with van der Waals surface area (Å²) in [4.78, 5) is 22.4. The number of carbonyl (C=O) groups excluding carboxylic acids is 1. The molecular formula is C15H15N3O2S. The van der Waals surface area contributed by atoms with Crippen molar-refractivity contribution in [3.8, 4) is 11.3 Å². The van der Waals surface area contributed by atoms with E-state index in [9.17, 15) is 9.59 Å². The zero-order valence-corrected chi connectivity index (χ0v) is 12.2. The average Bonchev–Trinajstić information content (AvgIpc) is 2.38. The van der Waals surface area contributed by atoms with E-state index in [2.05, 4.69) is 34.2 Å². The lowest BCUT2D eigenvalue weighted by Crippen LogP contribution is -2.11. The molecule has 3 rings (SSSR count). The smallest absolute Gasteiger partial charge is 0.280 e. The highest BCUT2D eigenvalue weighted by molar-refractivity contribution is 7.96. The molecule has 108 valence electrons. The van der Waals surface area contributed by atoms with E-state index in [4.69, 9.17) is 0 Å². The van der Waals surface area contributed by atoms with E-state index in [-0.39, 0.29) is 5.56 Å². The number of benzene rings is 1. The van der Waals surface area contributed by atoms with Gasteiger partial charge in [-0.3, -0.25) is 9.59 Å². The monoisotopic (exact) mass is 301 g/mol. The average molecular weight is 301 g/mol. The van der Waals surface area contributed by atoms with Gasteiger partial charge in [0.25, 0.3) is 10.8 Å². The standard InChI is InChI=1S/C15H15N3O2S/c19-14-7-6-12(17-18-14)11-5-4-10(9-2-1-3-9)8-13(11)16-15(20)21/h4-9H,1-3H2,(H,18,19)(H2,16,20,21). The van der Waals surface area contributed by atoms with Crippen LogP contribution in [0, 0.1) is 0 Å². The summed E-state index contributed by atoms with van der Waals surface area (Å²) in [6.07, 6.45) is 3.62. The minimum atomic E-state index is -0.425. The number of amides is 1. The number of aromatic nitrogens is 2. The van der Waals surface area contributed by atoms with Crippen molar-refractivity contribution in [1.82, 2.24) is 10.2 Å². The van der Waals surface area contributed by atoms with Gasteiger partial charge in [-0.05, 0) is 36.5 Å². The second kappa shape index (κ2) is 5.73. The molecule has 1 heterocycles. The van der Waals surface area contributed by atoms with Crippen molar-refractivity contribution in [3.63, 3.8) is 0 Å². The highest BCUT2D eigenvalue weighted by Crippen LogP contribution is 2.39. The predicted octanol–water partition coefficient (Wildman–Crippen LogP) is 3.17. The molecule has 1 amide bonds. The third-order valence-corrected chi connectivity index (χ3v) is 3.93. The van der Waals surface area contributed by atoms with Crippen molar-refractivity contribution >= 4 is 23.6 Å². The SMILES string of the molecule is O=C(S)Nc1cc(C2CCC2)ccc1-c1ccc(=O)[nH]n1. The van der Waals surface area contributed by atoms with Gasteiger partial charge in [0.15, 0.2) is 0 Å². The van der Waals surface area contributed by atoms with Crippen LogP contribution in [-0.4, -0.2) is 15.4 Å². The lowest BCUT2D eigenvalue weighted by Gasteiger charge is -2.26. The van der Waals surface area contributed by atoms with Gasteiger partial charge in [0.2, 0.25) is 0 Å². The normalized spacial score (nSPS) is 14.5.